The van der Waals surface area contributed by atoms with Crippen molar-refractivity contribution < 1.29 is 47.7 Å². The average Bonchev–Trinajstić information content (AvgIpc) is 3.19. The van der Waals surface area contributed by atoms with Crippen molar-refractivity contribution in [1.82, 2.24) is 4.90 Å². The van der Waals surface area contributed by atoms with E-state index in [9.17, 15) is 19.5 Å². The first-order valence-electron chi connectivity index (χ1n) is 16.4. The van der Waals surface area contributed by atoms with Crippen molar-refractivity contribution >= 4 is 17.8 Å². The maximum atomic E-state index is 13.1. The fraction of sp³-hybridized carbons (Fsp3) is 0.447. The van der Waals surface area contributed by atoms with E-state index in [1.807, 2.05) is 72.8 Å². The summed E-state index contributed by atoms with van der Waals surface area (Å²) in [5.74, 6) is 0.397. The van der Waals surface area contributed by atoms with Crippen LogP contribution in [-0.4, -0.2) is 105 Å². The number of rotatable bonds is 13. The summed E-state index contributed by atoms with van der Waals surface area (Å²) < 4.78 is 30.9. The molecule has 0 saturated carbocycles. The molecule has 11 heteroatoms. The molecular weight excluding hydrogens is 628 g/mol. The van der Waals surface area contributed by atoms with Gasteiger partial charge in [0.1, 0.15) is 34.9 Å². The lowest BCUT2D eigenvalue weighted by atomic mass is 9.79. The van der Waals surface area contributed by atoms with Crippen LogP contribution in [-0.2, 0) is 29.5 Å². The minimum atomic E-state index is -1.20. The molecule has 2 aliphatic rings. The van der Waals surface area contributed by atoms with Gasteiger partial charge in [-0.05, 0) is 53.1 Å². The Balaban J connectivity index is 1.68. The SMILES string of the molecule is COc1ccc(C(O[C@H]2[C@@H](OC(C)=O)[C@@H]3CC(N(C)C(=O)CCC(=O)O)C[C@H]2[N+]3(C)C)(c2ccc(OC)cc2)c2ccc(OC)cc2)cc1. The van der Waals surface area contributed by atoms with Crippen LogP contribution < -0.4 is 14.2 Å². The van der Waals surface area contributed by atoms with Crippen LogP contribution in [0.25, 0.3) is 0 Å². The van der Waals surface area contributed by atoms with E-state index in [4.69, 9.17) is 23.7 Å². The van der Waals surface area contributed by atoms with Gasteiger partial charge in [0.15, 0.2) is 12.2 Å². The van der Waals surface area contributed by atoms with Gasteiger partial charge < -0.3 is 38.2 Å². The van der Waals surface area contributed by atoms with Crippen LogP contribution in [0.4, 0.5) is 0 Å². The van der Waals surface area contributed by atoms with E-state index in [2.05, 4.69) is 14.1 Å². The number of nitrogens with zero attached hydrogens (tertiary/aromatic N) is 2. The van der Waals surface area contributed by atoms with Gasteiger partial charge in [0, 0.05) is 39.3 Å². The number of piperidine rings is 1. The topological polar surface area (TPSA) is 121 Å². The Kier molecular flexibility index (Phi) is 10.5. The molecule has 49 heavy (non-hydrogen) atoms. The second-order valence-electron chi connectivity index (χ2n) is 13.3. The fourth-order valence-corrected chi connectivity index (χ4v) is 7.68. The zero-order chi connectivity index (χ0) is 35.5. The smallest absolute Gasteiger partial charge is 0.303 e. The molecule has 1 unspecified atom stereocenters. The summed E-state index contributed by atoms with van der Waals surface area (Å²) >= 11 is 0. The normalized spacial score (nSPS) is 22.6. The van der Waals surface area contributed by atoms with Crippen LogP contribution >= 0.6 is 0 Å². The van der Waals surface area contributed by atoms with E-state index in [1.165, 1.54) is 6.92 Å². The molecule has 5 rings (SSSR count). The number of methoxy groups -OCH3 is 3. The summed E-state index contributed by atoms with van der Waals surface area (Å²) in [7, 11) is 10.8. The second kappa shape index (κ2) is 14.5. The van der Waals surface area contributed by atoms with Crippen molar-refractivity contribution in [3.8, 4) is 17.2 Å². The van der Waals surface area contributed by atoms with E-state index in [0.717, 1.165) is 16.7 Å². The van der Waals surface area contributed by atoms with Crippen molar-refractivity contribution in [1.29, 1.82) is 0 Å². The van der Waals surface area contributed by atoms with Gasteiger partial charge in [-0.2, -0.15) is 0 Å². The highest BCUT2D eigenvalue weighted by Gasteiger charge is 2.65. The van der Waals surface area contributed by atoms with Crippen molar-refractivity contribution in [2.45, 2.75) is 68.5 Å². The van der Waals surface area contributed by atoms with Crippen LogP contribution in [0.15, 0.2) is 72.8 Å². The van der Waals surface area contributed by atoms with Gasteiger partial charge in [0.25, 0.3) is 0 Å². The Bertz CT molecular complexity index is 1510. The summed E-state index contributed by atoms with van der Waals surface area (Å²) in [5.41, 5.74) is 1.28. The number of carbonyl (C=O) groups is 3. The van der Waals surface area contributed by atoms with E-state index in [-0.39, 0.29) is 36.9 Å². The van der Waals surface area contributed by atoms with Gasteiger partial charge in [-0.1, -0.05) is 36.4 Å². The molecule has 3 aromatic carbocycles. The Morgan fingerprint density at radius 2 is 1.14 bits per heavy atom. The number of benzene rings is 3. The van der Waals surface area contributed by atoms with E-state index in [1.54, 1.807) is 33.3 Å². The number of hydrogen-bond donors (Lipinski definition) is 1. The summed E-state index contributed by atoms with van der Waals surface area (Å²) in [6.45, 7) is 1.40. The fourth-order valence-electron chi connectivity index (χ4n) is 7.68. The molecule has 0 aromatic heterocycles. The van der Waals surface area contributed by atoms with Crippen LogP contribution in [0.3, 0.4) is 0 Å². The highest BCUT2D eigenvalue weighted by molar-refractivity contribution is 5.80. The summed E-state index contributed by atoms with van der Waals surface area (Å²) in [4.78, 5) is 38.8. The number of amides is 1. The Labute approximate surface area is 287 Å². The standard InChI is InChI=1S/C38H46N2O9/c1-24(41)48-36-32-22-28(39(2)34(42)20-21-35(43)44)23-33(40(32,3)4)37(36)49-38(25-8-14-29(45-5)15-9-25,26-10-16-30(46-6)17-11-26)27-12-18-31(47-7)19-13-27/h8-19,28,32-33,36-37H,20-23H2,1-7H3/p+1/t28?,32-,33+,36-,37+/m0/s1. The van der Waals surface area contributed by atoms with Crippen molar-refractivity contribution in [2.24, 2.45) is 0 Å². The van der Waals surface area contributed by atoms with E-state index in [0.29, 0.717) is 34.6 Å². The molecule has 2 bridgehead atoms. The average molecular weight is 676 g/mol. The third kappa shape index (κ3) is 6.95. The summed E-state index contributed by atoms with van der Waals surface area (Å²) in [6.07, 6.45) is -0.455. The first-order chi connectivity index (χ1) is 23.3. The minimum Gasteiger partial charge on any atom is -0.497 e. The minimum absolute atomic E-state index is 0.0846. The Morgan fingerprint density at radius 1 is 0.735 bits per heavy atom. The summed E-state index contributed by atoms with van der Waals surface area (Å²) in [6, 6.07) is 22.6. The first kappa shape index (κ1) is 35.7. The number of likely N-dealkylation sites (N-methyl/N-ethyl adjacent to an activating group) is 1. The third-order valence-electron chi connectivity index (χ3n) is 10.4. The lowest BCUT2D eigenvalue weighted by molar-refractivity contribution is -0.933. The maximum absolute atomic E-state index is 13.1. The molecule has 0 spiro atoms. The molecular formula is C38H47N2O9+. The molecule has 1 N–H and O–H groups in total. The molecule has 1 amide bonds. The maximum Gasteiger partial charge on any atom is 0.303 e. The molecule has 2 heterocycles. The molecule has 2 aliphatic heterocycles. The summed E-state index contributed by atoms with van der Waals surface area (Å²) in [5, 5.41) is 9.19. The highest BCUT2D eigenvalue weighted by atomic mass is 16.6. The number of carbonyl (C=O) groups excluding carboxylic acids is 2. The molecule has 5 atom stereocenters. The van der Waals surface area contributed by atoms with E-state index < -0.39 is 29.7 Å². The number of aliphatic carboxylic acids is 1. The highest BCUT2D eigenvalue weighted by Crippen LogP contribution is 2.50. The van der Waals surface area contributed by atoms with Gasteiger partial charge in [0.05, 0.1) is 41.8 Å². The number of quaternary nitrogens is 1. The molecule has 0 aliphatic carbocycles. The zero-order valence-electron chi connectivity index (χ0n) is 29.3. The van der Waals surface area contributed by atoms with Gasteiger partial charge in [-0.3, -0.25) is 14.4 Å². The molecule has 11 nitrogen and oxygen atoms in total. The predicted molar refractivity (Wildman–Crippen MR) is 182 cm³/mol. The lowest BCUT2D eigenvalue weighted by Gasteiger charge is -2.47. The van der Waals surface area contributed by atoms with Crippen molar-refractivity contribution in [2.75, 3.05) is 42.5 Å². The quantitative estimate of drug-likeness (QED) is 0.157. The van der Waals surface area contributed by atoms with Crippen molar-refractivity contribution in [3.63, 3.8) is 0 Å². The number of carboxylic acids is 1. The van der Waals surface area contributed by atoms with Crippen LogP contribution in [0, 0.1) is 0 Å². The third-order valence-corrected chi connectivity index (χ3v) is 10.4. The molecule has 0 radical (unpaired) electrons. The van der Waals surface area contributed by atoms with Crippen LogP contribution in [0.1, 0.15) is 49.3 Å². The number of carboxylic acid groups (broad SMARTS) is 1. The zero-order valence-corrected chi connectivity index (χ0v) is 29.3. The van der Waals surface area contributed by atoms with Crippen molar-refractivity contribution in [3.05, 3.63) is 89.5 Å². The molecule has 2 saturated heterocycles. The monoisotopic (exact) mass is 675 g/mol. The Hall–Kier alpha value is -4.61. The predicted octanol–water partition coefficient (Wildman–Crippen LogP) is 4.63. The molecule has 2 fully saturated rings. The second-order valence-corrected chi connectivity index (χ2v) is 13.3. The van der Waals surface area contributed by atoms with E-state index >= 15 is 0 Å². The lowest BCUT2D eigenvalue weighted by Crippen LogP contribution is -2.61. The van der Waals surface area contributed by atoms with Gasteiger partial charge in [0.2, 0.25) is 5.91 Å². The molecule has 3 aromatic rings. The molecule has 262 valence electrons. The van der Waals surface area contributed by atoms with Gasteiger partial charge in [-0.25, -0.2) is 0 Å². The number of esters is 1. The van der Waals surface area contributed by atoms with Gasteiger partial charge in [-0.15, -0.1) is 0 Å². The largest absolute Gasteiger partial charge is 0.497 e. The number of ether oxygens (including phenoxy) is 5. The first-order valence-corrected chi connectivity index (χ1v) is 16.4. The number of hydrogen-bond acceptors (Lipinski definition) is 8. The van der Waals surface area contributed by atoms with Gasteiger partial charge >= 0.3 is 11.9 Å². The Morgan fingerprint density at radius 3 is 1.51 bits per heavy atom. The number of fused-ring (bicyclic) bond motifs is 2. The van der Waals surface area contributed by atoms with Crippen LogP contribution in [0.2, 0.25) is 0 Å². The van der Waals surface area contributed by atoms with Crippen LogP contribution in [0.5, 0.6) is 17.2 Å².